The number of anilines is 1. The minimum absolute atomic E-state index is 0.148. The van der Waals surface area contributed by atoms with E-state index in [9.17, 15) is 9.90 Å². The molecule has 116 valence electrons. The molecular formula is C16H14N4O2S. The molecule has 1 saturated heterocycles. The zero-order valence-electron chi connectivity index (χ0n) is 12.3. The first-order valence-electron chi connectivity index (χ1n) is 6.93. The largest absolute Gasteiger partial charge is 0.508 e. The average Bonchev–Trinajstić information content (AvgIpc) is 2.78. The molecule has 3 rings (SSSR count). The third kappa shape index (κ3) is 2.91. The van der Waals surface area contributed by atoms with Gasteiger partial charge in [0, 0.05) is 7.05 Å². The van der Waals surface area contributed by atoms with Crippen molar-refractivity contribution in [2.45, 2.75) is 6.17 Å². The molecule has 0 bridgehead atoms. The van der Waals surface area contributed by atoms with Crippen molar-refractivity contribution in [2.75, 3.05) is 11.9 Å². The molecule has 1 aliphatic heterocycles. The zero-order chi connectivity index (χ0) is 16.4. The van der Waals surface area contributed by atoms with E-state index in [-0.39, 0.29) is 11.7 Å². The molecule has 2 aromatic rings. The summed E-state index contributed by atoms with van der Waals surface area (Å²) in [7, 11) is 1.71. The van der Waals surface area contributed by atoms with Crippen molar-refractivity contribution >= 4 is 34.6 Å². The Kier molecular flexibility index (Phi) is 4.03. The molecule has 6 nitrogen and oxygen atoms in total. The van der Waals surface area contributed by atoms with Gasteiger partial charge in [-0.1, -0.05) is 18.2 Å². The lowest BCUT2D eigenvalue weighted by molar-refractivity contribution is -0.119. The molecule has 23 heavy (non-hydrogen) atoms. The molecule has 1 heterocycles. The molecule has 0 saturated carbocycles. The number of carbonyl (C=O) groups excluding carboxylic acids is 1. The summed E-state index contributed by atoms with van der Waals surface area (Å²) in [6, 6.07) is 15.4. The summed E-state index contributed by atoms with van der Waals surface area (Å²) in [5.74, 6) is -0.0966. The normalized spacial score (nSPS) is 18.2. The van der Waals surface area contributed by atoms with Gasteiger partial charge in [0.2, 0.25) is 6.17 Å². The summed E-state index contributed by atoms with van der Waals surface area (Å²) in [4.78, 5) is 15.7. The summed E-state index contributed by atoms with van der Waals surface area (Å²) < 4.78 is 0. The topological polar surface area (TPSA) is 68.5 Å². The van der Waals surface area contributed by atoms with Crippen molar-refractivity contribution in [3.8, 4) is 5.75 Å². The van der Waals surface area contributed by atoms with Crippen LogP contribution in [0.25, 0.3) is 0 Å². The van der Waals surface area contributed by atoms with E-state index >= 15 is 0 Å². The Morgan fingerprint density at radius 1 is 1.09 bits per heavy atom. The zero-order valence-corrected chi connectivity index (χ0v) is 13.1. The van der Waals surface area contributed by atoms with E-state index in [0.717, 1.165) is 0 Å². The Balaban J connectivity index is 1.85. The Morgan fingerprint density at radius 3 is 2.39 bits per heavy atom. The fourth-order valence-corrected chi connectivity index (χ4v) is 2.52. The maximum atomic E-state index is 12.6. The van der Waals surface area contributed by atoms with Crippen LogP contribution in [0.15, 0.2) is 64.8 Å². The number of para-hydroxylation sites is 1. The van der Waals surface area contributed by atoms with Gasteiger partial charge in [-0.3, -0.25) is 9.69 Å². The van der Waals surface area contributed by atoms with E-state index in [2.05, 4.69) is 10.2 Å². The third-order valence-corrected chi connectivity index (χ3v) is 3.92. The van der Waals surface area contributed by atoms with Gasteiger partial charge in [0.25, 0.3) is 5.91 Å². The van der Waals surface area contributed by atoms with Gasteiger partial charge in [-0.15, -0.1) is 0 Å². The number of aromatic hydroxyl groups is 1. The van der Waals surface area contributed by atoms with Crippen molar-refractivity contribution in [2.24, 2.45) is 10.2 Å². The highest BCUT2D eigenvalue weighted by Crippen LogP contribution is 2.26. The van der Waals surface area contributed by atoms with Gasteiger partial charge in [0.05, 0.1) is 11.4 Å². The Morgan fingerprint density at radius 2 is 1.74 bits per heavy atom. The fourth-order valence-electron chi connectivity index (χ4n) is 2.22. The van der Waals surface area contributed by atoms with Crippen LogP contribution in [0.1, 0.15) is 0 Å². The Bertz CT molecular complexity index is 761. The molecule has 1 atom stereocenters. The Labute approximate surface area is 138 Å². The van der Waals surface area contributed by atoms with Crippen molar-refractivity contribution in [3.05, 3.63) is 54.6 Å². The molecule has 1 N–H and O–H groups in total. The number of azo groups is 1. The molecular weight excluding hydrogens is 312 g/mol. The second-order valence-electron chi connectivity index (χ2n) is 5.01. The first kappa shape index (κ1) is 15.1. The van der Waals surface area contributed by atoms with Crippen LogP contribution in [0.4, 0.5) is 11.4 Å². The lowest BCUT2D eigenvalue weighted by Gasteiger charge is -2.16. The number of amides is 1. The van der Waals surface area contributed by atoms with E-state index in [1.165, 1.54) is 17.0 Å². The number of thiocarbonyl (C=S) groups is 1. The van der Waals surface area contributed by atoms with E-state index in [4.69, 9.17) is 12.2 Å². The van der Waals surface area contributed by atoms with Gasteiger partial charge in [-0.05, 0) is 48.6 Å². The highest BCUT2D eigenvalue weighted by atomic mass is 32.1. The number of likely N-dealkylation sites (N-methyl/N-ethyl adjacent to an activating group) is 1. The fraction of sp³-hybridized carbons (Fsp3) is 0.125. The van der Waals surface area contributed by atoms with Crippen molar-refractivity contribution in [1.29, 1.82) is 0 Å². The highest BCUT2D eigenvalue weighted by Gasteiger charge is 2.41. The predicted molar refractivity (Wildman–Crippen MR) is 90.7 cm³/mol. The van der Waals surface area contributed by atoms with Crippen molar-refractivity contribution in [1.82, 2.24) is 4.90 Å². The van der Waals surface area contributed by atoms with Gasteiger partial charge >= 0.3 is 0 Å². The van der Waals surface area contributed by atoms with Crippen LogP contribution >= 0.6 is 12.2 Å². The highest BCUT2D eigenvalue weighted by molar-refractivity contribution is 7.80. The quantitative estimate of drug-likeness (QED) is 0.695. The predicted octanol–water partition coefficient (Wildman–Crippen LogP) is 3.07. The first-order valence-corrected chi connectivity index (χ1v) is 7.34. The molecule has 0 spiro atoms. The van der Waals surface area contributed by atoms with Crippen LogP contribution in [0.3, 0.4) is 0 Å². The monoisotopic (exact) mass is 326 g/mol. The summed E-state index contributed by atoms with van der Waals surface area (Å²) in [5, 5.41) is 17.8. The minimum atomic E-state index is -0.795. The van der Waals surface area contributed by atoms with E-state index in [1.807, 2.05) is 30.3 Å². The van der Waals surface area contributed by atoms with Gasteiger partial charge in [-0.25, -0.2) is 0 Å². The molecule has 2 aromatic carbocycles. The number of rotatable bonds is 3. The van der Waals surface area contributed by atoms with E-state index in [1.54, 1.807) is 24.1 Å². The smallest absolute Gasteiger partial charge is 0.280 e. The van der Waals surface area contributed by atoms with Crippen molar-refractivity contribution < 1.29 is 9.90 Å². The molecule has 0 unspecified atom stereocenters. The molecule has 0 aromatic heterocycles. The maximum Gasteiger partial charge on any atom is 0.280 e. The van der Waals surface area contributed by atoms with E-state index in [0.29, 0.717) is 16.5 Å². The van der Waals surface area contributed by atoms with Gasteiger partial charge < -0.3 is 10.0 Å². The summed E-state index contributed by atoms with van der Waals surface area (Å²) >= 11 is 5.34. The summed E-state index contributed by atoms with van der Waals surface area (Å²) in [5.41, 5.74) is 1.25. The van der Waals surface area contributed by atoms with E-state index < -0.39 is 6.17 Å². The third-order valence-electron chi connectivity index (χ3n) is 3.45. The number of hydrogen-bond donors (Lipinski definition) is 1. The SMILES string of the molecule is CN1C(=S)N(c2ccccc2)C(=O)[C@H]1N=Nc1ccc(O)cc1. The summed E-state index contributed by atoms with van der Waals surface area (Å²) in [6.07, 6.45) is -0.795. The van der Waals surface area contributed by atoms with Gasteiger partial charge in [0.1, 0.15) is 5.75 Å². The minimum Gasteiger partial charge on any atom is -0.508 e. The van der Waals surface area contributed by atoms with Crippen LogP contribution in [-0.4, -0.2) is 34.2 Å². The number of phenolic OH excluding ortho intramolecular Hbond substituents is 1. The molecule has 1 amide bonds. The van der Waals surface area contributed by atoms with Crippen LogP contribution < -0.4 is 4.90 Å². The molecule has 7 heteroatoms. The van der Waals surface area contributed by atoms with Gasteiger partial charge in [-0.2, -0.15) is 10.2 Å². The number of phenols is 1. The Hall–Kier alpha value is -2.80. The molecule has 0 radical (unpaired) electrons. The lowest BCUT2D eigenvalue weighted by Crippen LogP contribution is -2.30. The first-order chi connectivity index (χ1) is 11.1. The van der Waals surface area contributed by atoms with Crippen molar-refractivity contribution in [3.63, 3.8) is 0 Å². The second kappa shape index (κ2) is 6.13. The molecule has 1 fully saturated rings. The van der Waals surface area contributed by atoms with Gasteiger partial charge in [0.15, 0.2) is 5.11 Å². The second-order valence-corrected chi connectivity index (χ2v) is 5.37. The number of nitrogens with zero attached hydrogens (tertiary/aromatic N) is 4. The molecule has 1 aliphatic rings. The lowest BCUT2D eigenvalue weighted by atomic mass is 10.3. The number of benzene rings is 2. The van der Waals surface area contributed by atoms with Crippen LogP contribution in [0.5, 0.6) is 5.75 Å². The maximum absolute atomic E-state index is 12.6. The standard InChI is InChI=1S/C16H14N4O2S/c1-19-14(18-17-11-7-9-13(21)10-8-11)15(22)20(16(19)23)12-5-3-2-4-6-12/h2-10,14,21H,1H3/t14-/m0/s1. The number of hydrogen-bond acceptors (Lipinski definition) is 5. The van der Waals surface area contributed by atoms with Crippen LogP contribution in [0.2, 0.25) is 0 Å². The summed E-state index contributed by atoms with van der Waals surface area (Å²) in [6.45, 7) is 0. The molecule has 0 aliphatic carbocycles. The average molecular weight is 326 g/mol. The van der Waals surface area contributed by atoms with Crippen LogP contribution in [-0.2, 0) is 4.79 Å². The number of carbonyl (C=O) groups is 1. The van der Waals surface area contributed by atoms with Crippen LogP contribution in [0, 0.1) is 0 Å².